The molecule has 3 N–H and O–H groups in total. The van der Waals surface area contributed by atoms with Gasteiger partial charge in [-0.2, -0.15) is 0 Å². The minimum Gasteiger partial charge on any atom is -0.396 e. The number of aliphatic hydroxyl groups excluding tert-OH is 3. The molecule has 674 valence electrons. The van der Waals surface area contributed by atoms with Crippen molar-refractivity contribution < 1.29 is 53.6 Å². The van der Waals surface area contributed by atoms with Crippen LogP contribution in [-0.2, 0) is 38.2 Å². The number of unbranched alkanes of at least 4 members (excludes halogenated alkanes) is 50. The van der Waals surface area contributed by atoms with Gasteiger partial charge in [0, 0.05) is 58.3 Å². The first kappa shape index (κ1) is 119. The van der Waals surface area contributed by atoms with Crippen molar-refractivity contribution in [2.24, 2.45) is 0 Å². The van der Waals surface area contributed by atoms with E-state index in [1.165, 1.54) is 347 Å². The summed E-state index contributed by atoms with van der Waals surface area (Å²) in [6.07, 6.45) is 107. The molecule has 0 aromatic carbocycles. The van der Waals surface area contributed by atoms with Crippen LogP contribution in [0.2, 0.25) is 0 Å². The Balaban J connectivity index is -0.000000416. The number of carbonyl (C=O) groups is 6. The standard InChI is InChI=1S/C17H32O3.3C17H32O2.2C17H32O.CH4/c1-15(19)11-7-3-2-4-8-12-16-17(20-16)13-9-5-6-10-14-18;1-3-4-5-10-13-16-17(19-16)14-11-8-6-7-9-12-15(2)18;2*1-17(19)15-13-11-9-7-5-3-2-4-6-8-10-12-14-16-18;2*1-3-4-5-6-7-8-9-10-11-12-13-14-15-16-17(2)18;/h16-18H,2-14H2,1H3;16-17H,3-14H2,1-2H3;2*2,4,18H,3,5-16H2,1H3;2*8-9H,3-7,10-16H2,1-2H3;1H4/b;;4-2+;4-2-;9-8+;9-8-;. The molecule has 0 aromatic heterocycles. The normalized spacial score (nSPS) is 14.6. The molecule has 4 unspecified atom stereocenters. The van der Waals surface area contributed by atoms with E-state index < -0.39 is 0 Å². The largest absolute Gasteiger partial charge is 0.396 e. The summed E-state index contributed by atoms with van der Waals surface area (Å²) >= 11 is 0. The van der Waals surface area contributed by atoms with Crippen molar-refractivity contribution in [2.75, 3.05) is 19.8 Å². The Hall–Kier alpha value is -3.22. The van der Waals surface area contributed by atoms with Crippen LogP contribution in [0.5, 0.6) is 0 Å². The summed E-state index contributed by atoms with van der Waals surface area (Å²) in [7, 11) is 0. The van der Waals surface area contributed by atoms with Crippen LogP contribution in [0.3, 0.4) is 0 Å². The number of ketones is 6. The van der Waals surface area contributed by atoms with Crippen molar-refractivity contribution in [2.45, 2.75) is 556 Å². The van der Waals surface area contributed by atoms with Crippen molar-refractivity contribution in [1.82, 2.24) is 0 Å². The minimum absolute atomic E-state index is 0. The first-order chi connectivity index (χ1) is 55.1. The molecule has 0 aliphatic carbocycles. The van der Waals surface area contributed by atoms with Gasteiger partial charge in [-0.15, -0.1) is 0 Å². The fourth-order valence-electron chi connectivity index (χ4n) is 13.9. The van der Waals surface area contributed by atoms with Gasteiger partial charge in [0.15, 0.2) is 0 Å². The summed E-state index contributed by atoms with van der Waals surface area (Å²) in [4.78, 5) is 64.5. The van der Waals surface area contributed by atoms with Crippen LogP contribution < -0.4 is 0 Å². The Bertz CT molecular complexity index is 2000. The average Bonchev–Trinajstić information content (AvgIpc) is 1.71. The topological polar surface area (TPSA) is 188 Å². The molecule has 0 amide bonds. The van der Waals surface area contributed by atoms with E-state index in [1.54, 1.807) is 41.5 Å². The first-order valence-corrected chi connectivity index (χ1v) is 48.8. The van der Waals surface area contributed by atoms with Crippen molar-refractivity contribution in [3.8, 4) is 0 Å². The number of hydrogen-bond acceptors (Lipinski definition) is 11. The van der Waals surface area contributed by atoms with Crippen molar-refractivity contribution in [3.05, 3.63) is 48.6 Å². The highest BCUT2D eigenvalue weighted by Gasteiger charge is 2.37. The molecule has 2 aliphatic heterocycles. The number of allylic oxidation sites excluding steroid dienone is 8. The van der Waals surface area contributed by atoms with Gasteiger partial charge in [-0.3, -0.25) is 0 Å². The second-order valence-electron chi connectivity index (χ2n) is 33.7. The van der Waals surface area contributed by atoms with E-state index in [0.29, 0.717) is 78.9 Å². The maximum Gasteiger partial charge on any atom is 0.129 e. The smallest absolute Gasteiger partial charge is 0.129 e. The summed E-state index contributed by atoms with van der Waals surface area (Å²) in [6, 6.07) is 0. The van der Waals surface area contributed by atoms with Crippen molar-refractivity contribution in [3.63, 3.8) is 0 Å². The fourth-order valence-corrected chi connectivity index (χ4v) is 13.9. The summed E-state index contributed by atoms with van der Waals surface area (Å²) in [6.45, 7) is 17.9. The Morgan fingerprint density at radius 2 is 0.333 bits per heavy atom. The quantitative estimate of drug-likeness (QED) is 0.0299. The van der Waals surface area contributed by atoms with Crippen LogP contribution in [0.25, 0.3) is 0 Å². The third-order valence-electron chi connectivity index (χ3n) is 21.4. The lowest BCUT2D eigenvalue weighted by Crippen LogP contribution is -1.95. The van der Waals surface area contributed by atoms with Crippen LogP contribution in [0.4, 0.5) is 0 Å². The van der Waals surface area contributed by atoms with E-state index in [2.05, 4.69) is 69.4 Å². The zero-order chi connectivity index (χ0) is 83.9. The number of carbonyl (C=O) groups excluding carboxylic acids is 6. The van der Waals surface area contributed by atoms with E-state index in [9.17, 15) is 28.8 Å². The summed E-state index contributed by atoms with van der Waals surface area (Å²) in [5.74, 6) is 1.96. The van der Waals surface area contributed by atoms with Gasteiger partial charge >= 0.3 is 0 Å². The third kappa shape index (κ3) is 117. The number of ether oxygens (including phenoxy) is 2. The highest BCUT2D eigenvalue weighted by molar-refractivity contribution is 5.76. The zero-order valence-electron chi connectivity index (χ0n) is 76.6. The monoisotopic (exact) mass is 1610 g/mol. The molecule has 2 saturated heterocycles. The van der Waals surface area contributed by atoms with Gasteiger partial charge in [0.1, 0.15) is 34.7 Å². The Morgan fingerprint density at radius 1 is 0.202 bits per heavy atom. The van der Waals surface area contributed by atoms with E-state index in [-0.39, 0.29) is 7.43 Å². The second-order valence-corrected chi connectivity index (χ2v) is 33.7. The van der Waals surface area contributed by atoms with Crippen LogP contribution >= 0.6 is 0 Å². The van der Waals surface area contributed by atoms with Gasteiger partial charge in [0.2, 0.25) is 0 Å². The van der Waals surface area contributed by atoms with E-state index >= 15 is 0 Å². The van der Waals surface area contributed by atoms with Gasteiger partial charge in [0.05, 0.1) is 24.4 Å². The van der Waals surface area contributed by atoms with Gasteiger partial charge < -0.3 is 53.6 Å². The molecule has 2 aliphatic rings. The molecule has 2 rings (SSSR count). The molecule has 11 nitrogen and oxygen atoms in total. The fraction of sp³-hybridized carbons (Fsp3) is 0.864. The van der Waals surface area contributed by atoms with Crippen LogP contribution in [0, 0.1) is 0 Å². The lowest BCUT2D eigenvalue weighted by molar-refractivity contribution is -0.117. The molecule has 2 fully saturated rings. The predicted octanol–water partition coefficient (Wildman–Crippen LogP) is 31.0. The van der Waals surface area contributed by atoms with Crippen molar-refractivity contribution in [1.29, 1.82) is 0 Å². The molecular weight excluding hydrogens is 1410 g/mol. The molecule has 2 heterocycles. The van der Waals surface area contributed by atoms with Gasteiger partial charge in [0.25, 0.3) is 0 Å². The molecule has 11 heteroatoms. The Kier molecular flexibility index (Phi) is 109. The van der Waals surface area contributed by atoms with Crippen LogP contribution in [0.15, 0.2) is 48.6 Å². The summed E-state index contributed by atoms with van der Waals surface area (Å²) in [5.41, 5.74) is 0. The first-order valence-electron chi connectivity index (χ1n) is 48.8. The lowest BCUT2D eigenvalue weighted by atomic mass is 10.0. The molecule has 0 bridgehead atoms. The number of hydrogen-bond donors (Lipinski definition) is 3. The molecule has 0 radical (unpaired) electrons. The predicted molar refractivity (Wildman–Crippen MR) is 495 cm³/mol. The number of aliphatic hydroxyl groups is 3. The molecule has 0 spiro atoms. The zero-order valence-corrected chi connectivity index (χ0v) is 76.6. The Morgan fingerprint density at radius 3 is 0.491 bits per heavy atom. The van der Waals surface area contributed by atoms with E-state index in [0.717, 1.165) is 116 Å². The SMILES string of the molecule is C.CC(=O)CCCCCCC/C=C/CCCCCCO.CC(=O)CCCCCCC/C=C\CCCCCCO.CC(=O)CCCCCCCC1OC1CCCCCCO.CCCCCC/C=C/CCCCCCCC(C)=O.CCCCCC/C=C\CCCCCCCC(C)=O.CCCCCCC1OC1CCCCCCCC(C)=O. The highest BCUT2D eigenvalue weighted by Crippen LogP contribution is 2.33. The minimum atomic E-state index is 0. The van der Waals surface area contributed by atoms with Crippen molar-refractivity contribution >= 4 is 34.7 Å². The maximum absolute atomic E-state index is 10.8. The molecular formula is C103H196O11. The van der Waals surface area contributed by atoms with Gasteiger partial charge in [-0.05, 0) is 228 Å². The number of Topliss-reactive ketones (excluding diaryl/α,β-unsaturated/α-hetero) is 6. The molecule has 0 aromatic rings. The highest BCUT2D eigenvalue weighted by atomic mass is 16.6. The summed E-state index contributed by atoms with van der Waals surface area (Å²) < 4.78 is 11.4. The average molecular weight is 1610 g/mol. The Labute approximate surface area is 709 Å². The third-order valence-corrected chi connectivity index (χ3v) is 21.4. The molecule has 0 saturated carbocycles. The number of rotatable bonds is 81. The van der Waals surface area contributed by atoms with Crippen LogP contribution in [-0.4, -0.2) is 94.3 Å². The molecule has 114 heavy (non-hydrogen) atoms. The van der Waals surface area contributed by atoms with E-state index in [4.69, 9.17) is 24.8 Å². The second kappa shape index (κ2) is 104. The number of epoxide rings is 2. The lowest BCUT2D eigenvalue weighted by Gasteiger charge is -2.00. The molecule has 4 atom stereocenters. The van der Waals surface area contributed by atoms with Gasteiger partial charge in [-0.1, -0.05) is 314 Å². The van der Waals surface area contributed by atoms with Crippen LogP contribution in [0.1, 0.15) is 532 Å². The van der Waals surface area contributed by atoms with E-state index in [1.807, 2.05) is 0 Å². The summed E-state index contributed by atoms with van der Waals surface area (Å²) in [5, 5.41) is 26.0. The maximum atomic E-state index is 10.8. The van der Waals surface area contributed by atoms with Gasteiger partial charge in [-0.25, -0.2) is 0 Å².